The molecule has 3 rings (SSSR count). The number of benzene rings is 1. The van der Waals surface area contributed by atoms with Crippen LogP contribution in [0.25, 0.3) is 10.9 Å². The van der Waals surface area contributed by atoms with Gasteiger partial charge in [0.15, 0.2) is 11.6 Å². The molecule has 1 fully saturated rings. The SMILES string of the molecule is CC#CC(=O)N[C@@H]1CCC[C@@H](c2c(F)c(F)cc3[nH]c(C)c(Cl)c23)C1. The number of rotatable bonds is 2. The molecule has 0 aliphatic heterocycles. The molecule has 2 aromatic rings. The third kappa shape index (κ3) is 3.36. The van der Waals surface area contributed by atoms with Gasteiger partial charge in [-0.05, 0) is 44.9 Å². The number of aromatic amines is 1. The molecule has 0 unspecified atom stereocenters. The van der Waals surface area contributed by atoms with E-state index in [1.54, 1.807) is 13.8 Å². The maximum Gasteiger partial charge on any atom is 0.296 e. The molecule has 0 radical (unpaired) electrons. The van der Waals surface area contributed by atoms with Crippen molar-refractivity contribution >= 4 is 28.4 Å². The van der Waals surface area contributed by atoms with E-state index in [-0.39, 0.29) is 17.9 Å². The number of carbonyl (C=O) groups is 1. The van der Waals surface area contributed by atoms with Gasteiger partial charge in [-0.25, -0.2) is 8.78 Å². The number of aryl methyl sites for hydroxylation is 1. The van der Waals surface area contributed by atoms with Crippen molar-refractivity contribution in [2.24, 2.45) is 0 Å². The number of nitrogens with one attached hydrogen (secondary N) is 2. The lowest BCUT2D eigenvalue weighted by atomic mass is 9.80. The van der Waals surface area contributed by atoms with Crippen molar-refractivity contribution in [3.05, 3.63) is 34.0 Å². The summed E-state index contributed by atoms with van der Waals surface area (Å²) in [4.78, 5) is 14.7. The van der Waals surface area contributed by atoms with Crippen molar-refractivity contribution < 1.29 is 13.6 Å². The predicted octanol–water partition coefficient (Wildman–Crippen LogP) is 4.57. The molecule has 132 valence electrons. The van der Waals surface area contributed by atoms with Crippen molar-refractivity contribution in [1.29, 1.82) is 0 Å². The van der Waals surface area contributed by atoms with Gasteiger partial charge >= 0.3 is 0 Å². The van der Waals surface area contributed by atoms with Gasteiger partial charge in [0.25, 0.3) is 5.91 Å². The van der Waals surface area contributed by atoms with Crippen LogP contribution in [-0.2, 0) is 4.79 Å². The van der Waals surface area contributed by atoms with Crippen LogP contribution in [-0.4, -0.2) is 16.9 Å². The number of hydrogen-bond donors (Lipinski definition) is 2. The quantitative estimate of drug-likeness (QED) is 0.753. The van der Waals surface area contributed by atoms with Crippen LogP contribution in [0.1, 0.15) is 49.8 Å². The van der Waals surface area contributed by atoms with E-state index in [1.165, 1.54) is 0 Å². The average Bonchev–Trinajstić information content (AvgIpc) is 2.83. The minimum Gasteiger partial charge on any atom is -0.357 e. The monoisotopic (exact) mass is 364 g/mol. The number of carbonyl (C=O) groups excluding carboxylic acids is 1. The summed E-state index contributed by atoms with van der Waals surface area (Å²) in [5.74, 6) is 2.73. The fourth-order valence-corrected chi connectivity index (χ4v) is 3.98. The van der Waals surface area contributed by atoms with Gasteiger partial charge in [-0.2, -0.15) is 0 Å². The Balaban J connectivity index is 1.99. The van der Waals surface area contributed by atoms with Crippen LogP contribution in [0.15, 0.2) is 6.07 Å². The molecule has 0 bridgehead atoms. The van der Waals surface area contributed by atoms with E-state index in [2.05, 4.69) is 22.1 Å². The molecule has 1 aliphatic rings. The first-order valence-electron chi connectivity index (χ1n) is 8.31. The number of hydrogen-bond acceptors (Lipinski definition) is 1. The molecule has 1 heterocycles. The normalized spacial score (nSPS) is 20.2. The summed E-state index contributed by atoms with van der Waals surface area (Å²) >= 11 is 6.34. The van der Waals surface area contributed by atoms with Crippen LogP contribution in [0.5, 0.6) is 0 Å². The molecule has 1 aromatic heterocycles. The fourth-order valence-electron chi connectivity index (χ4n) is 3.73. The average molecular weight is 365 g/mol. The zero-order valence-electron chi connectivity index (χ0n) is 14.1. The molecule has 0 spiro atoms. The van der Waals surface area contributed by atoms with E-state index < -0.39 is 11.6 Å². The van der Waals surface area contributed by atoms with Crippen LogP contribution < -0.4 is 5.32 Å². The van der Waals surface area contributed by atoms with Crippen LogP contribution in [0.4, 0.5) is 8.78 Å². The van der Waals surface area contributed by atoms with E-state index in [0.717, 1.165) is 25.3 Å². The van der Waals surface area contributed by atoms with Crippen LogP contribution in [0, 0.1) is 30.4 Å². The highest BCUT2D eigenvalue weighted by Gasteiger charge is 2.30. The molecule has 0 saturated heterocycles. The third-order valence-corrected chi connectivity index (χ3v) is 5.26. The second-order valence-corrected chi connectivity index (χ2v) is 6.86. The summed E-state index contributed by atoms with van der Waals surface area (Å²) in [5.41, 5.74) is 1.49. The molecular weight excluding hydrogens is 346 g/mol. The second kappa shape index (κ2) is 7.05. The minimum atomic E-state index is -0.886. The van der Waals surface area contributed by atoms with Gasteiger partial charge in [0.05, 0.1) is 10.5 Å². The summed E-state index contributed by atoms with van der Waals surface area (Å²) in [5, 5.41) is 3.82. The van der Waals surface area contributed by atoms with Crippen LogP contribution in [0.3, 0.4) is 0 Å². The Labute approximate surface area is 150 Å². The Morgan fingerprint density at radius 2 is 2.16 bits per heavy atom. The number of amides is 1. The number of H-pyrrole nitrogens is 1. The van der Waals surface area contributed by atoms with E-state index in [1.807, 2.05) is 0 Å². The first kappa shape index (κ1) is 17.8. The van der Waals surface area contributed by atoms with Crippen molar-refractivity contribution in [2.45, 2.75) is 51.5 Å². The fraction of sp³-hybridized carbons (Fsp3) is 0.421. The van der Waals surface area contributed by atoms with Gasteiger partial charge in [-0.1, -0.05) is 23.9 Å². The highest BCUT2D eigenvalue weighted by atomic mass is 35.5. The Kier molecular flexibility index (Phi) is 5.01. The van der Waals surface area contributed by atoms with E-state index in [9.17, 15) is 13.6 Å². The lowest BCUT2D eigenvalue weighted by Crippen LogP contribution is -2.37. The van der Waals surface area contributed by atoms with E-state index in [4.69, 9.17) is 11.6 Å². The van der Waals surface area contributed by atoms with Crippen LogP contribution >= 0.6 is 11.6 Å². The molecule has 1 aromatic carbocycles. The smallest absolute Gasteiger partial charge is 0.296 e. The maximum absolute atomic E-state index is 14.7. The topological polar surface area (TPSA) is 44.9 Å². The summed E-state index contributed by atoms with van der Waals surface area (Å²) in [6.07, 6.45) is 2.87. The van der Waals surface area contributed by atoms with Crippen LogP contribution in [0.2, 0.25) is 5.02 Å². The Bertz CT molecular complexity index is 894. The highest BCUT2D eigenvalue weighted by molar-refractivity contribution is 6.36. The lowest BCUT2D eigenvalue weighted by molar-refractivity contribution is -0.116. The number of halogens is 3. The minimum absolute atomic E-state index is 0.108. The standard InChI is InChI=1S/C19H19ClF2N2O/c1-3-5-15(25)24-12-7-4-6-11(8-12)16-17-14(9-13(21)19(16)22)23-10(2)18(17)20/h9,11-12,23H,4,6-8H2,1-2H3,(H,24,25)/t11-,12-/m1/s1. The first-order chi connectivity index (χ1) is 11.9. The zero-order valence-corrected chi connectivity index (χ0v) is 14.9. The van der Waals surface area contributed by atoms with Gasteiger partial charge in [0.2, 0.25) is 0 Å². The molecular formula is C19H19ClF2N2O. The molecule has 3 nitrogen and oxygen atoms in total. The van der Waals surface area contributed by atoms with Gasteiger partial charge in [0.1, 0.15) is 0 Å². The molecule has 1 amide bonds. The Morgan fingerprint density at radius 3 is 2.88 bits per heavy atom. The summed E-state index contributed by atoms with van der Waals surface area (Å²) in [7, 11) is 0. The van der Waals surface area contributed by atoms with Gasteiger partial charge in [-0.3, -0.25) is 4.79 Å². The van der Waals surface area contributed by atoms with Gasteiger partial charge < -0.3 is 10.3 Å². The van der Waals surface area contributed by atoms with Crippen molar-refractivity contribution in [2.75, 3.05) is 0 Å². The molecule has 1 aliphatic carbocycles. The molecule has 6 heteroatoms. The second-order valence-electron chi connectivity index (χ2n) is 6.48. The van der Waals surface area contributed by atoms with Gasteiger partial charge in [0, 0.05) is 28.8 Å². The number of fused-ring (bicyclic) bond motifs is 1. The Morgan fingerprint density at radius 1 is 1.40 bits per heavy atom. The van der Waals surface area contributed by atoms with E-state index >= 15 is 0 Å². The summed E-state index contributed by atoms with van der Waals surface area (Å²) in [6.45, 7) is 3.37. The summed E-state index contributed by atoms with van der Waals surface area (Å²) < 4.78 is 28.7. The van der Waals surface area contributed by atoms with Gasteiger partial charge in [-0.15, -0.1) is 0 Å². The van der Waals surface area contributed by atoms with E-state index in [0.29, 0.717) is 33.6 Å². The molecule has 25 heavy (non-hydrogen) atoms. The molecule has 2 N–H and O–H groups in total. The summed E-state index contributed by atoms with van der Waals surface area (Å²) in [6, 6.07) is 1.04. The molecule has 1 saturated carbocycles. The predicted molar refractivity (Wildman–Crippen MR) is 94.6 cm³/mol. The van der Waals surface area contributed by atoms with Crippen molar-refractivity contribution in [3.63, 3.8) is 0 Å². The largest absolute Gasteiger partial charge is 0.357 e. The Hall–Kier alpha value is -2.06. The zero-order chi connectivity index (χ0) is 18.1. The highest BCUT2D eigenvalue weighted by Crippen LogP contribution is 2.42. The number of aromatic nitrogens is 1. The first-order valence-corrected chi connectivity index (χ1v) is 8.69. The lowest BCUT2D eigenvalue weighted by Gasteiger charge is -2.30. The maximum atomic E-state index is 14.7. The van der Waals surface area contributed by atoms with Crippen molar-refractivity contribution in [3.8, 4) is 11.8 Å². The third-order valence-electron chi connectivity index (χ3n) is 4.78. The molecule has 2 atom stereocenters. The van der Waals surface area contributed by atoms with Crippen molar-refractivity contribution in [1.82, 2.24) is 10.3 Å².